The zero-order valence-electron chi connectivity index (χ0n) is 13.6. The number of nitrogens with zero attached hydrogens (tertiary/aromatic N) is 4. The third-order valence-electron chi connectivity index (χ3n) is 3.52. The second-order valence-electron chi connectivity index (χ2n) is 5.50. The van der Waals surface area contributed by atoms with Gasteiger partial charge in [0.1, 0.15) is 6.54 Å². The van der Waals surface area contributed by atoms with Gasteiger partial charge < -0.3 is 4.90 Å². The van der Waals surface area contributed by atoms with Gasteiger partial charge in [-0.3, -0.25) is 24.3 Å². The largest absolute Gasteiger partial charge is 0.337 e. The summed E-state index contributed by atoms with van der Waals surface area (Å²) in [4.78, 5) is 40.8. The number of carbonyl (C=O) groups is 1. The summed E-state index contributed by atoms with van der Waals surface area (Å²) >= 11 is 0. The van der Waals surface area contributed by atoms with E-state index in [0.29, 0.717) is 18.6 Å². The van der Waals surface area contributed by atoms with Crippen LogP contribution in [0.2, 0.25) is 0 Å². The van der Waals surface area contributed by atoms with Crippen molar-refractivity contribution >= 4 is 22.5 Å². The number of hydrogen-bond donors (Lipinski definition) is 0. The van der Waals surface area contributed by atoms with Crippen molar-refractivity contribution in [3.05, 3.63) is 57.1 Å². The number of carbonyl (C=O) groups excluding carboxylic acids is 1. The van der Waals surface area contributed by atoms with Gasteiger partial charge in [0.25, 0.3) is 11.2 Å². The minimum atomic E-state index is -0.576. The van der Waals surface area contributed by atoms with E-state index in [1.807, 2.05) is 13.8 Å². The molecular weight excluding hydrogens is 312 g/mol. The molecule has 0 unspecified atom stereocenters. The zero-order valence-corrected chi connectivity index (χ0v) is 13.6. The summed E-state index contributed by atoms with van der Waals surface area (Å²) < 4.78 is 1.16. The first-order chi connectivity index (χ1) is 11.3. The van der Waals surface area contributed by atoms with E-state index in [-0.39, 0.29) is 23.5 Å². The Morgan fingerprint density at radius 2 is 2.17 bits per heavy atom. The second kappa shape index (κ2) is 7.03. The first kappa shape index (κ1) is 17.3. The molecule has 1 aromatic carbocycles. The Bertz CT molecular complexity index is 872. The van der Waals surface area contributed by atoms with Crippen LogP contribution in [-0.4, -0.2) is 38.4 Å². The molecule has 8 heteroatoms. The third-order valence-corrected chi connectivity index (χ3v) is 3.52. The second-order valence-corrected chi connectivity index (χ2v) is 5.50. The minimum absolute atomic E-state index is 0.113. The van der Waals surface area contributed by atoms with Crippen molar-refractivity contribution in [2.45, 2.75) is 20.4 Å². The maximum absolute atomic E-state index is 12.5. The van der Waals surface area contributed by atoms with Gasteiger partial charge in [0.15, 0.2) is 0 Å². The van der Waals surface area contributed by atoms with Gasteiger partial charge in [-0.05, 0) is 19.9 Å². The number of amides is 1. The van der Waals surface area contributed by atoms with Gasteiger partial charge in [0, 0.05) is 25.2 Å². The lowest BCUT2D eigenvalue weighted by molar-refractivity contribution is -0.384. The average Bonchev–Trinajstić information content (AvgIpc) is 2.54. The van der Waals surface area contributed by atoms with Gasteiger partial charge in [0.2, 0.25) is 5.91 Å². The standard InChI is InChI=1S/C16H18N4O4/c1-4-18(8-11(2)3)15(21)9-19-10-17-14-6-5-12(20(23)24)7-13(14)16(19)22/h5-7,10H,2,4,8-9H2,1,3H3. The number of hydrogen-bond acceptors (Lipinski definition) is 5. The lowest BCUT2D eigenvalue weighted by Gasteiger charge is -2.21. The molecule has 0 radical (unpaired) electrons. The molecule has 126 valence electrons. The molecule has 0 bridgehead atoms. The van der Waals surface area contributed by atoms with Crippen molar-refractivity contribution in [2.75, 3.05) is 13.1 Å². The normalized spacial score (nSPS) is 10.6. The number of nitro groups is 1. The molecule has 0 aliphatic rings. The number of rotatable bonds is 6. The highest BCUT2D eigenvalue weighted by Gasteiger charge is 2.15. The lowest BCUT2D eigenvalue weighted by Crippen LogP contribution is -2.37. The van der Waals surface area contributed by atoms with Crippen LogP contribution in [0.3, 0.4) is 0 Å². The number of aromatic nitrogens is 2. The molecule has 0 saturated carbocycles. The van der Waals surface area contributed by atoms with Gasteiger partial charge >= 0.3 is 0 Å². The van der Waals surface area contributed by atoms with Gasteiger partial charge in [-0.25, -0.2) is 4.98 Å². The van der Waals surface area contributed by atoms with Crippen LogP contribution in [0.4, 0.5) is 5.69 Å². The van der Waals surface area contributed by atoms with E-state index < -0.39 is 10.5 Å². The van der Waals surface area contributed by atoms with E-state index >= 15 is 0 Å². The van der Waals surface area contributed by atoms with Crippen molar-refractivity contribution < 1.29 is 9.72 Å². The molecule has 0 saturated heterocycles. The van der Waals surface area contributed by atoms with Crippen molar-refractivity contribution in [3.8, 4) is 0 Å². The smallest absolute Gasteiger partial charge is 0.270 e. The van der Waals surface area contributed by atoms with Gasteiger partial charge in [-0.15, -0.1) is 0 Å². The van der Waals surface area contributed by atoms with Crippen LogP contribution in [-0.2, 0) is 11.3 Å². The Kier molecular flexibility index (Phi) is 5.08. The Balaban J connectivity index is 2.37. The van der Waals surface area contributed by atoms with Gasteiger partial charge in [-0.1, -0.05) is 12.2 Å². The van der Waals surface area contributed by atoms with Crippen LogP contribution in [0, 0.1) is 10.1 Å². The molecule has 8 nitrogen and oxygen atoms in total. The summed E-state index contributed by atoms with van der Waals surface area (Å²) in [5.74, 6) is -0.241. The highest BCUT2D eigenvalue weighted by molar-refractivity contribution is 5.81. The van der Waals surface area contributed by atoms with E-state index in [9.17, 15) is 19.7 Å². The number of non-ortho nitro benzene ring substituents is 1. The van der Waals surface area contributed by atoms with E-state index in [4.69, 9.17) is 0 Å². The van der Waals surface area contributed by atoms with E-state index in [2.05, 4.69) is 11.6 Å². The molecule has 0 atom stereocenters. The Morgan fingerprint density at radius 1 is 1.46 bits per heavy atom. The molecular formula is C16H18N4O4. The Morgan fingerprint density at radius 3 is 2.75 bits per heavy atom. The topological polar surface area (TPSA) is 98.3 Å². The van der Waals surface area contributed by atoms with Crippen LogP contribution in [0.15, 0.2) is 41.5 Å². The number of likely N-dealkylation sites (N-methyl/N-ethyl adjacent to an activating group) is 1. The van der Waals surface area contributed by atoms with Gasteiger partial charge in [-0.2, -0.15) is 0 Å². The number of fused-ring (bicyclic) bond motifs is 1. The molecule has 2 rings (SSSR count). The molecule has 0 aliphatic heterocycles. The predicted octanol–water partition coefficient (Wildman–Crippen LogP) is 1.73. The summed E-state index contributed by atoms with van der Waals surface area (Å²) in [5.41, 5.74) is 0.514. The third kappa shape index (κ3) is 3.65. The van der Waals surface area contributed by atoms with Crippen molar-refractivity contribution in [1.29, 1.82) is 0 Å². The predicted molar refractivity (Wildman–Crippen MR) is 89.7 cm³/mol. The SMILES string of the molecule is C=C(C)CN(CC)C(=O)Cn1cnc2ccc([N+](=O)[O-])cc2c1=O. The molecule has 1 aromatic heterocycles. The highest BCUT2D eigenvalue weighted by atomic mass is 16.6. The zero-order chi connectivity index (χ0) is 17.9. The molecule has 0 spiro atoms. The van der Waals surface area contributed by atoms with Crippen LogP contribution in [0.1, 0.15) is 13.8 Å². The quantitative estimate of drug-likeness (QED) is 0.456. The number of benzene rings is 1. The molecule has 0 fully saturated rings. The maximum atomic E-state index is 12.5. The molecule has 1 amide bonds. The maximum Gasteiger partial charge on any atom is 0.270 e. The molecule has 0 aliphatic carbocycles. The molecule has 1 heterocycles. The average molecular weight is 330 g/mol. The van der Waals surface area contributed by atoms with Crippen LogP contribution in [0.5, 0.6) is 0 Å². The Labute approximate surface area is 138 Å². The summed E-state index contributed by atoms with van der Waals surface area (Å²) in [5, 5.41) is 11.0. The summed E-state index contributed by atoms with van der Waals surface area (Å²) in [6.45, 7) is 8.17. The van der Waals surface area contributed by atoms with Crippen LogP contribution in [0.25, 0.3) is 10.9 Å². The fourth-order valence-corrected chi connectivity index (χ4v) is 2.32. The van der Waals surface area contributed by atoms with E-state index in [0.717, 1.165) is 10.1 Å². The lowest BCUT2D eigenvalue weighted by atomic mass is 10.2. The number of nitro benzene ring substituents is 1. The van der Waals surface area contributed by atoms with E-state index in [1.165, 1.54) is 24.5 Å². The van der Waals surface area contributed by atoms with Crippen LogP contribution < -0.4 is 5.56 Å². The molecule has 0 N–H and O–H groups in total. The Hall–Kier alpha value is -3.03. The first-order valence-corrected chi connectivity index (χ1v) is 7.39. The van der Waals surface area contributed by atoms with Crippen molar-refractivity contribution in [3.63, 3.8) is 0 Å². The van der Waals surface area contributed by atoms with E-state index in [1.54, 1.807) is 4.90 Å². The summed E-state index contributed by atoms with van der Waals surface area (Å²) in [6, 6.07) is 3.88. The monoisotopic (exact) mass is 330 g/mol. The summed E-state index contributed by atoms with van der Waals surface area (Å²) in [7, 11) is 0. The first-order valence-electron chi connectivity index (χ1n) is 7.39. The van der Waals surface area contributed by atoms with Gasteiger partial charge in [0.05, 0.1) is 22.2 Å². The highest BCUT2D eigenvalue weighted by Crippen LogP contribution is 2.16. The minimum Gasteiger partial charge on any atom is -0.337 e. The van der Waals surface area contributed by atoms with Crippen molar-refractivity contribution in [1.82, 2.24) is 14.5 Å². The summed E-state index contributed by atoms with van der Waals surface area (Å²) in [6.07, 6.45) is 1.28. The fourth-order valence-electron chi connectivity index (χ4n) is 2.32. The van der Waals surface area contributed by atoms with Crippen molar-refractivity contribution in [2.24, 2.45) is 0 Å². The van der Waals surface area contributed by atoms with Crippen LogP contribution >= 0.6 is 0 Å². The molecule has 2 aromatic rings. The molecule has 24 heavy (non-hydrogen) atoms. The fraction of sp³-hybridized carbons (Fsp3) is 0.312.